The van der Waals surface area contributed by atoms with Crippen molar-refractivity contribution >= 4 is 39.5 Å². The lowest BCUT2D eigenvalue weighted by Gasteiger charge is -2.21. The van der Waals surface area contributed by atoms with Crippen molar-refractivity contribution in [3.63, 3.8) is 0 Å². The zero-order valence-corrected chi connectivity index (χ0v) is 56.0. The second-order valence-corrected chi connectivity index (χ2v) is 27.4. The van der Waals surface area contributed by atoms with Gasteiger partial charge in [0, 0.05) is 25.7 Å². The van der Waals surface area contributed by atoms with Crippen molar-refractivity contribution in [2.75, 3.05) is 39.6 Å². The number of carbonyl (C=O) groups excluding carboxylic acids is 4. The molecule has 0 spiro atoms. The highest BCUT2D eigenvalue weighted by Gasteiger charge is 2.30. The van der Waals surface area contributed by atoms with Crippen LogP contribution in [0.3, 0.4) is 0 Å². The van der Waals surface area contributed by atoms with Gasteiger partial charge in [0.2, 0.25) is 0 Å². The van der Waals surface area contributed by atoms with Crippen molar-refractivity contribution in [2.45, 2.75) is 342 Å². The molecule has 0 amide bonds. The first-order valence-corrected chi connectivity index (χ1v) is 37.0. The molecule has 498 valence electrons. The number of phosphoric acid groups is 2. The Balaban J connectivity index is 5.18. The predicted molar refractivity (Wildman–Crippen MR) is 335 cm³/mol. The van der Waals surface area contributed by atoms with Crippen LogP contribution >= 0.6 is 15.6 Å². The SMILES string of the molecule is CCCCCCCCCCCCCCCC(=O)OC[C@H](COP(=O)(O)OC[C@@H](O)COP(=O)(O)OC[C@@H](COC(=O)CCCCCCC)OC(=O)CCCCCCCCCCC(C)C)OC(=O)CCCCCCCCCCCCCCC(C)C. The summed E-state index contributed by atoms with van der Waals surface area (Å²) in [6, 6.07) is 0. The highest BCUT2D eigenvalue weighted by atomic mass is 31.2. The number of aliphatic hydroxyl groups excluding tert-OH is 1. The lowest BCUT2D eigenvalue weighted by molar-refractivity contribution is -0.161. The van der Waals surface area contributed by atoms with E-state index in [1.807, 2.05) is 0 Å². The second kappa shape index (κ2) is 57.5. The summed E-state index contributed by atoms with van der Waals surface area (Å²) in [5, 5.41) is 10.5. The summed E-state index contributed by atoms with van der Waals surface area (Å²) in [4.78, 5) is 72.0. The van der Waals surface area contributed by atoms with Crippen LogP contribution in [0, 0.1) is 11.8 Å². The Labute approximate surface area is 511 Å². The molecule has 5 atom stereocenters. The summed E-state index contributed by atoms with van der Waals surface area (Å²) in [6.07, 6.45) is 40.7. The van der Waals surface area contributed by atoms with Gasteiger partial charge in [0.1, 0.15) is 19.3 Å². The molecule has 19 heteroatoms. The van der Waals surface area contributed by atoms with E-state index in [9.17, 15) is 43.2 Å². The number of rotatable bonds is 64. The smallest absolute Gasteiger partial charge is 0.462 e. The molecule has 0 saturated carbocycles. The van der Waals surface area contributed by atoms with Crippen molar-refractivity contribution in [1.82, 2.24) is 0 Å². The maximum atomic E-state index is 13.0. The van der Waals surface area contributed by atoms with E-state index in [2.05, 4.69) is 41.5 Å². The number of hydrogen-bond donors (Lipinski definition) is 3. The van der Waals surface area contributed by atoms with Gasteiger partial charge in [-0.3, -0.25) is 37.3 Å². The number of aliphatic hydroxyl groups is 1. The summed E-state index contributed by atoms with van der Waals surface area (Å²) in [5.41, 5.74) is 0. The average molecular weight is 1240 g/mol. The van der Waals surface area contributed by atoms with Crippen molar-refractivity contribution in [3.8, 4) is 0 Å². The zero-order chi connectivity index (χ0) is 62.2. The molecular formula is C65H126O17P2. The summed E-state index contributed by atoms with van der Waals surface area (Å²) in [6.45, 7) is 9.39. The van der Waals surface area contributed by atoms with E-state index in [1.54, 1.807) is 0 Å². The predicted octanol–water partition coefficient (Wildman–Crippen LogP) is 18.0. The minimum Gasteiger partial charge on any atom is -0.462 e. The van der Waals surface area contributed by atoms with Gasteiger partial charge in [-0.25, -0.2) is 9.13 Å². The van der Waals surface area contributed by atoms with Crippen molar-refractivity contribution in [2.24, 2.45) is 11.8 Å². The van der Waals surface area contributed by atoms with E-state index in [4.69, 9.17) is 37.0 Å². The van der Waals surface area contributed by atoms with Crippen LogP contribution in [0.25, 0.3) is 0 Å². The molecule has 84 heavy (non-hydrogen) atoms. The monoisotopic (exact) mass is 1240 g/mol. The summed E-state index contributed by atoms with van der Waals surface area (Å²) >= 11 is 0. The van der Waals surface area contributed by atoms with Gasteiger partial charge in [0.25, 0.3) is 0 Å². The van der Waals surface area contributed by atoms with Crippen LogP contribution in [0.15, 0.2) is 0 Å². The lowest BCUT2D eigenvalue weighted by atomic mass is 10.0. The molecular weight excluding hydrogens is 1110 g/mol. The topological polar surface area (TPSA) is 237 Å². The number of esters is 4. The molecule has 0 aromatic carbocycles. The molecule has 0 heterocycles. The quantitative estimate of drug-likeness (QED) is 0.0222. The fraction of sp³-hybridized carbons (Fsp3) is 0.938. The third-order valence-corrected chi connectivity index (χ3v) is 16.9. The summed E-state index contributed by atoms with van der Waals surface area (Å²) in [5.74, 6) is -0.647. The molecule has 0 bridgehead atoms. The van der Waals surface area contributed by atoms with E-state index in [0.29, 0.717) is 25.7 Å². The molecule has 0 aromatic heterocycles. The Kier molecular flexibility index (Phi) is 56.2. The molecule has 0 radical (unpaired) electrons. The largest absolute Gasteiger partial charge is 0.472 e. The molecule has 0 aliphatic rings. The number of phosphoric ester groups is 2. The van der Waals surface area contributed by atoms with Crippen molar-refractivity contribution < 1.29 is 80.2 Å². The molecule has 17 nitrogen and oxygen atoms in total. The number of unbranched alkanes of at least 4 members (excludes halogenated alkanes) is 34. The first-order valence-electron chi connectivity index (χ1n) is 34.0. The molecule has 0 fully saturated rings. The maximum Gasteiger partial charge on any atom is 0.472 e. The Bertz CT molecular complexity index is 1650. The molecule has 0 aliphatic carbocycles. The molecule has 0 rings (SSSR count). The van der Waals surface area contributed by atoms with E-state index in [-0.39, 0.29) is 25.7 Å². The Morgan fingerprint density at radius 3 is 0.810 bits per heavy atom. The van der Waals surface area contributed by atoms with Gasteiger partial charge in [0.15, 0.2) is 12.2 Å². The third kappa shape index (κ3) is 59.0. The van der Waals surface area contributed by atoms with Gasteiger partial charge in [0.05, 0.1) is 26.4 Å². The molecule has 0 aromatic rings. The number of hydrogen-bond acceptors (Lipinski definition) is 15. The minimum atomic E-state index is -4.94. The Morgan fingerprint density at radius 1 is 0.321 bits per heavy atom. The fourth-order valence-corrected chi connectivity index (χ4v) is 11.3. The van der Waals surface area contributed by atoms with Gasteiger partial charge in [-0.2, -0.15) is 0 Å². The van der Waals surface area contributed by atoms with Gasteiger partial charge in [-0.15, -0.1) is 0 Å². The molecule has 2 unspecified atom stereocenters. The Hall–Kier alpha value is -1.94. The highest BCUT2D eigenvalue weighted by molar-refractivity contribution is 7.47. The minimum absolute atomic E-state index is 0.103. The Morgan fingerprint density at radius 2 is 0.548 bits per heavy atom. The van der Waals surface area contributed by atoms with Crippen LogP contribution in [-0.4, -0.2) is 96.7 Å². The van der Waals surface area contributed by atoms with Crippen LogP contribution in [0.1, 0.15) is 324 Å². The van der Waals surface area contributed by atoms with Gasteiger partial charge < -0.3 is 33.8 Å². The van der Waals surface area contributed by atoms with E-state index < -0.39 is 97.5 Å². The van der Waals surface area contributed by atoms with Crippen molar-refractivity contribution in [1.29, 1.82) is 0 Å². The van der Waals surface area contributed by atoms with Crippen LogP contribution in [0.5, 0.6) is 0 Å². The first kappa shape index (κ1) is 82.1. The number of ether oxygens (including phenoxy) is 4. The zero-order valence-electron chi connectivity index (χ0n) is 54.2. The van der Waals surface area contributed by atoms with E-state index >= 15 is 0 Å². The lowest BCUT2D eigenvalue weighted by Crippen LogP contribution is -2.30. The average Bonchev–Trinajstić information content (AvgIpc) is 3.58. The third-order valence-electron chi connectivity index (χ3n) is 15.0. The van der Waals surface area contributed by atoms with Crippen LogP contribution in [-0.2, 0) is 65.4 Å². The van der Waals surface area contributed by atoms with Crippen LogP contribution < -0.4 is 0 Å². The maximum absolute atomic E-state index is 13.0. The normalized spacial score (nSPS) is 14.3. The van der Waals surface area contributed by atoms with Gasteiger partial charge in [-0.05, 0) is 37.5 Å². The number of carbonyl (C=O) groups is 4. The molecule has 3 N–H and O–H groups in total. The molecule has 0 aliphatic heterocycles. The van der Waals surface area contributed by atoms with Crippen LogP contribution in [0.2, 0.25) is 0 Å². The standard InChI is InChI=1S/C65H126O17P2/c1-7-9-11-13-14-15-16-17-21-24-30-36-42-48-63(68)76-54-61(82-64(69)49-43-37-31-25-22-19-18-20-23-28-34-39-45-57(3)4)56-80-84(73,74)78-52-59(66)51-77-83(71,72)79-55-60(53-75-62(67)47-41-33-12-10-8-2)81-65(70)50-44-38-32-27-26-29-35-40-46-58(5)6/h57-61,66H,7-56H2,1-6H3,(H,71,72)(H,73,74)/t59-,60+,61+/m0/s1. The van der Waals surface area contributed by atoms with Crippen LogP contribution in [0.4, 0.5) is 0 Å². The van der Waals surface area contributed by atoms with Gasteiger partial charge >= 0.3 is 39.5 Å². The fourth-order valence-electron chi connectivity index (χ4n) is 9.71. The second-order valence-electron chi connectivity index (χ2n) is 24.5. The first-order chi connectivity index (χ1) is 40.4. The summed E-state index contributed by atoms with van der Waals surface area (Å²) in [7, 11) is -9.88. The molecule has 0 saturated heterocycles. The van der Waals surface area contributed by atoms with Gasteiger partial charge in [-0.1, -0.05) is 273 Å². The van der Waals surface area contributed by atoms with E-state index in [1.165, 1.54) is 135 Å². The van der Waals surface area contributed by atoms with E-state index in [0.717, 1.165) is 108 Å². The highest BCUT2D eigenvalue weighted by Crippen LogP contribution is 2.45. The van der Waals surface area contributed by atoms with Crippen molar-refractivity contribution in [3.05, 3.63) is 0 Å². The summed E-state index contributed by atoms with van der Waals surface area (Å²) < 4.78 is 67.9.